The second-order valence-electron chi connectivity index (χ2n) is 4.02. The largest absolute Gasteiger partial charge is 0.478 e. The first-order valence-electron chi connectivity index (χ1n) is 5.85. The first-order chi connectivity index (χ1) is 8.13. The predicted molar refractivity (Wildman–Crippen MR) is 68.8 cm³/mol. The van der Waals surface area contributed by atoms with E-state index in [9.17, 15) is 4.79 Å². The maximum Gasteiger partial charge on any atom is 0.328 e. The van der Waals surface area contributed by atoms with Gasteiger partial charge in [-0.2, -0.15) is 0 Å². The molecule has 1 unspecified atom stereocenters. The highest BCUT2D eigenvalue weighted by molar-refractivity contribution is 5.79. The number of nitrogens with one attached hydrogen (secondary N) is 1. The molecule has 0 aliphatic rings. The van der Waals surface area contributed by atoms with Crippen molar-refractivity contribution in [3.8, 4) is 0 Å². The summed E-state index contributed by atoms with van der Waals surface area (Å²) >= 11 is 0. The number of carboxylic acid groups (broad SMARTS) is 1. The lowest BCUT2D eigenvalue weighted by molar-refractivity contribution is -0.131. The fourth-order valence-corrected chi connectivity index (χ4v) is 1.73. The van der Waals surface area contributed by atoms with Gasteiger partial charge in [0.2, 0.25) is 0 Å². The van der Waals surface area contributed by atoms with Crippen molar-refractivity contribution in [2.75, 3.05) is 0 Å². The molecule has 0 aliphatic carbocycles. The van der Waals surface area contributed by atoms with Gasteiger partial charge < -0.3 is 10.4 Å². The molecule has 0 radical (unpaired) electrons. The molecule has 3 nitrogen and oxygen atoms in total. The quantitative estimate of drug-likeness (QED) is 0.743. The van der Waals surface area contributed by atoms with E-state index in [0.29, 0.717) is 0 Å². The molecule has 1 aromatic rings. The summed E-state index contributed by atoms with van der Waals surface area (Å²) in [6, 6.07) is 10.5. The summed E-state index contributed by atoms with van der Waals surface area (Å²) in [5.41, 5.74) is 1.23. The normalized spacial score (nSPS) is 14.7. The lowest BCUT2D eigenvalue weighted by Gasteiger charge is -2.20. The van der Waals surface area contributed by atoms with E-state index < -0.39 is 5.97 Å². The van der Waals surface area contributed by atoms with Crippen LogP contribution in [-0.2, 0) is 4.79 Å². The van der Waals surface area contributed by atoms with E-state index in [-0.39, 0.29) is 12.1 Å². The standard InChI is InChI=1S/C14H19NO2/c1-3-13(12-7-5-4-6-8-12)15-11(2)9-10-14(16)17/h4-11,13,15H,3H2,1-2H3,(H,16,17)/t11-,13?/m0/s1. The summed E-state index contributed by atoms with van der Waals surface area (Å²) in [5.74, 6) is -0.911. The van der Waals surface area contributed by atoms with Crippen LogP contribution in [0.25, 0.3) is 0 Å². The summed E-state index contributed by atoms with van der Waals surface area (Å²) in [7, 11) is 0. The van der Waals surface area contributed by atoms with Crippen molar-refractivity contribution in [1.82, 2.24) is 5.32 Å². The number of carboxylic acids is 1. The van der Waals surface area contributed by atoms with Gasteiger partial charge in [-0.05, 0) is 18.9 Å². The Morgan fingerprint density at radius 2 is 2.06 bits per heavy atom. The molecule has 1 aromatic carbocycles. The van der Waals surface area contributed by atoms with Crippen LogP contribution in [0.2, 0.25) is 0 Å². The number of aliphatic carboxylic acids is 1. The zero-order valence-corrected chi connectivity index (χ0v) is 10.3. The van der Waals surface area contributed by atoms with E-state index in [0.717, 1.165) is 6.42 Å². The van der Waals surface area contributed by atoms with Crippen LogP contribution in [0.4, 0.5) is 0 Å². The topological polar surface area (TPSA) is 49.3 Å². The molecule has 0 aliphatic heterocycles. The molecule has 0 spiro atoms. The lowest BCUT2D eigenvalue weighted by Crippen LogP contribution is -2.28. The molecule has 3 heteroatoms. The molecule has 2 N–H and O–H groups in total. The summed E-state index contributed by atoms with van der Waals surface area (Å²) in [6.45, 7) is 4.06. The summed E-state index contributed by atoms with van der Waals surface area (Å²) in [6.07, 6.45) is 3.80. The van der Waals surface area contributed by atoms with Crippen molar-refractivity contribution >= 4 is 5.97 Å². The highest BCUT2D eigenvalue weighted by atomic mass is 16.4. The number of rotatable bonds is 6. The maximum atomic E-state index is 10.4. The Hall–Kier alpha value is -1.61. The Bertz CT molecular complexity index is 373. The highest BCUT2D eigenvalue weighted by Gasteiger charge is 2.10. The highest BCUT2D eigenvalue weighted by Crippen LogP contribution is 2.16. The fraction of sp³-hybridized carbons (Fsp3) is 0.357. The Kier molecular flexibility index (Phi) is 5.43. The monoisotopic (exact) mass is 233 g/mol. The van der Waals surface area contributed by atoms with Crippen LogP contribution in [0.15, 0.2) is 42.5 Å². The van der Waals surface area contributed by atoms with Gasteiger partial charge >= 0.3 is 5.97 Å². The van der Waals surface area contributed by atoms with Gasteiger partial charge in [-0.25, -0.2) is 4.79 Å². The van der Waals surface area contributed by atoms with E-state index in [1.54, 1.807) is 6.08 Å². The molecule has 0 fully saturated rings. The summed E-state index contributed by atoms with van der Waals surface area (Å²) in [5, 5.41) is 11.9. The number of hydrogen-bond acceptors (Lipinski definition) is 2. The minimum absolute atomic E-state index is 0.0382. The zero-order valence-electron chi connectivity index (χ0n) is 10.3. The Morgan fingerprint density at radius 3 is 2.59 bits per heavy atom. The van der Waals surface area contributed by atoms with Crippen LogP contribution >= 0.6 is 0 Å². The van der Waals surface area contributed by atoms with Gasteiger partial charge in [-0.3, -0.25) is 0 Å². The van der Waals surface area contributed by atoms with Crippen LogP contribution in [-0.4, -0.2) is 17.1 Å². The smallest absolute Gasteiger partial charge is 0.328 e. The molecule has 92 valence electrons. The van der Waals surface area contributed by atoms with Crippen molar-refractivity contribution in [1.29, 1.82) is 0 Å². The average molecular weight is 233 g/mol. The lowest BCUT2D eigenvalue weighted by atomic mass is 10.0. The van der Waals surface area contributed by atoms with Gasteiger partial charge in [0.1, 0.15) is 0 Å². The Morgan fingerprint density at radius 1 is 1.41 bits per heavy atom. The molecule has 0 saturated carbocycles. The fourth-order valence-electron chi connectivity index (χ4n) is 1.73. The minimum Gasteiger partial charge on any atom is -0.478 e. The van der Waals surface area contributed by atoms with Gasteiger partial charge in [0.15, 0.2) is 0 Å². The van der Waals surface area contributed by atoms with Gasteiger partial charge in [-0.1, -0.05) is 43.3 Å². The van der Waals surface area contributed by atoms with E-state index >= 15 is 0 Å². The first kappa shape index (κ1) is 13.5. The van der Waals surface area contributed by atoms with Crippen molar-refractivity contribution in [2.45, 2.75) is 32.4 Å². The third-order valence-electron chi connectivity index (χ3n) is 2.60. The molecule has 1 rings (SSSR count). The molecule has 0 amide bonds. The molecule has 17 heavy (non-hydrogen) atoms. The van der Waals surface area contributed by atoms with Crippen molar-refractivity contribution < 1.29 is 9.90 Å². The molecular formula is C14H19NO2. The van der Waals surface area contributed by atoms with Crippen LogP contribution in [0.3, 0.4) is 0 Å². The van der Waals surface area contributed by atoms with Gasteiger partial charge in [0.05, 0.1) is 0 Å². The van der Waals surface area contributed by atoms with Gasteiger partial charge in [-0.15, -0.1) is 0 Å². The predicted octanol–water partition coefficient (Wildman–Crippen LogP) is 2.76. The summed E-state index contributed by atoms with van der Waals surface area (Å²) in [4.78, 5) is 10.4. The van der Waals surface area contributed by atoms with E-state index in [4.69, 9.17) is 5.11 Å². The number of benzene rings is 1. The van der Waals surface area contributed by atoms with Crippen molar-refractivity contribution in [2.24, 2.45) is 0 Å². The van der Waals surface area contributed by atoms with Crippen LogP contribution < -0.4 is 5.32 Å². The first-order valence-corrected chi connectivity index (χ1v) is 5.85. The van der Waals surface area contributed by atoms with Gasteiger partial charge in [0, 0.05) is 18.2 Å². The van der Waals surface area contributed by atoms with Crippen LogP contribution in [0, 0.1) is 0 Å². The molecule has 0 heterocycles. The Labute approximate surface area is 102 Å². The molecule has 0 aromatic heterocycles. The van der Waals surface area contributed by atoms with E-state index in [2.05, 4.69) is 24.4 Å². The molecule has 2 atom stereocenters. The van der Waals surface area contributed by atoms with Crippen molar-refractivity contribution in [3.05, 3.63) is 48.0 Å². The minimum atomic E-state index is -0.911. The maximum absolute atomic E-state index is 10.4. The Balaban J connectivity index is 2.61. The average Bonchev–Trinajstić information content (AvgIpc) is 2.34. The third kappa shape index (κ3) is 4.83. The number of carbonyl (C=O) groups is 1. The molecule has 0 saturated heterocycles. The second kappa shape index (κ2) is 6.86. The number of hydrogen-bond donors (Lipinski definition) is 2. The van der Waals surface area contributed by atoms with E-state index in [1.807, 2.05) is 25.1 Å². The summed E-state index contributed by atoms with van der Waals surface area (Å²) < 4.78 is 0. The van der Waals surface area contributed by atoms with Gasteiger partial charge in [0.25, 0.3) is 0 Å². The molecular weight excluding hydrogens is 214 g/mol. The third-order valence-corrected chi connectivity index (χ3v) is 2.60. The van der Waals surface area contributed by atoms with E-state index in [1.165, 1.54) is 11.6 Å². The second-order valence-corrected chi connectivity index (χ2v) is 4.02. The van der Waals surface area contributed by atoms with Crippen LogP contribution in [0.1, 0.15) is 31.9 Å². The molecule has 0 bridgehead atoms. The van der Waals surface area contributed by atoms with Crippen molar-refractivity contribution in [3.63, 3.8) is 0 Å². The zero-order chi connectivity index (χ0) is 12.7. The SMILES string of the molecule is CCC(N[C@@H](C)C=CC(=O)O)c1ccccc1. The van der Waals surface area contributed by atoms with Crippen LogP contribution in [0.5, 0.6) is 0 Å².